The van der Waals surface area contributed by atoms with Crippen molar-refractivity contribution in [1.82, 2.24) is 20.0 Å². The van der Waals surface area contributed by atoms with Crippen LogP contribution in [-0.4, -0.2) is 86.7 Å². The summed E-state index contributed by atoms with van der Waals surface area (Å²) < 4.78 is 10.6. The molecule has 0 radical (unpaired) electrons. The number of piperazine rings is 1. The zero-order chi connectivity index (χ0) is 21.7. The summed E-state index contributed by atoms with van der Waals surface area (Å²) >= 11 is 0. The summed E-state index contributed by atoms with van der Waals surface area (Å²) in [6.45, 7) is 9.55. The van der Waals surface area contributed by atoms with Crippen molar-refractivity contribution in [1.29, 1.82) is 0 Å². The number of benzene rings is 1. The zero-order valence-corrected chi connectivity index (χ0v) is 18.3. The van der Waals surface area contributed by atoms with Gasteiger partial charge in [0.25, 0.3) is 0 Å². The van der Waals surface area contributed by atoms with E-state index in [9.17, 15) is 9.59 Å². The molecule has 1 saturated heterocycles. The van der Waals surface area contributed by atoms with E-state index in [4.69, 9.17) is 9.47 Å². The fourth-order valence-corrected chi connectivity index (χ4v) is 3.92. The van der Waals surface area contributed by atoms with Gasteiger partial charge >= 0.3 is 12.0 Å². The van der Waals surface area contributed by atoms with Crippen LogP contribution in [0.3, 0.4) is 0 Å². The van der Waals surface area contributed by atoms with E-state index in [1.54, 1.807) is 26.0 Å². The van der Waals surface area contributed by atoms with Crippen LogP contribution in [0.4, 0.5) is 4.79 Å². The lowest BCUT2D eigenvalue weighted by atomic mass is 9.94. The molecule has 0 aromatic heterocycles. The van der Waals surface area contributed by atoms with Crippen molar-refractivity contribution >= 4 is 12.0 Å². The van der Waals surface area contributed by atoms with Gasteiger partial charge in [-0.3, -0.25) is 9.80 Å². The Bertz CT molecular complexity index is 785. The van der Waals surface area contributed by atoms with Crippen LogP contribution in [0.25, 0.3) is 0 Å². The number of nitrogens with zero attached hydrogens (tertiary/aromatic N) is 3. The van der Waals surface area contributed by atoms with Crippen molar-refractivity contribution in [2.24, 2.45) is 0 Å². The Balaban J connectivity index is 1.96. The summed E-state index contributed by atoms with van der Waals surface area (Å²) in [4.78, 5) is 32.0. The number of hydrogen-bond donors (Lipinski definition) is 1. The SMILES string of the molecule is CCOC(=O)C1=C(CN2CCN(CC)CC2)N(C)C(=O)N[C@@H]1c1ccc(OC)cc1. The second-order valence-corrected chi connectivity index (χ2v) is 7.51. The van der Waals surface area contributed by atoms with Crippen molar-refractivity contribution in [2.75, 3.05) is 60.0 Å². The van der Waals surface area contributed by atoms with Crippen molar-refractivity contribution in [2.45, 2.75) is 19.9 Å². The van der Waals surface area contributed by atoms with E-state index >= 15 is 0 Å². The van der Waals surface area contributed by atoms with Crippen molar-refractivity contribution < 1.29 is 19.1 Å². The highest BCUT2D eigenvalue weighted by Gasteiger charge is 2.37. The third-order valence-electron chi connectivity index (χ3n) is 5.81. The zero-order valence-electron chi connectivity index (χ0n) is 18.3. The number of esters is 1. The fourth-order valence-electron chi connectivity index (χ4n) is 3.92. The summed E-state index contributed by atoms with van der Waals surface area (Å²) in [6.07, 6.45) is 0. The lowest BCUT2D eigenvalue weighted by molar-refractivity contribution is -0.139. The van der Waals surface area contributed by atoms with Gasteiger partial charge in [-0.05, 0) is 31.2 Å². The first-order chi connectivity index (χ1) is 14.5. The Labute approximate surface area is 178 Å². The molecule has 8 heteroatoms. The molecule has 0 aliphatic carbocycles. The number of nitrogens with one attached hydrogen (secondary N) is 1. The Morgan fingerprint density at radius 1 is 1.10 bits per heavy atom. The van der Waals surface area contributed by atoms with Crippen LogP contribution >= 0.6 is 0 Å². The largest absolute Gasteiger partial charge is 0.497 e. The monoisotopic (exact) mass is 416 g/mol. The minimum atomic E-state index is -0.564. The third-order valence-corrected chi connectivity index (χ3v) is 5.81. The van der Waals surface area contributed by atoms with Crippen LogP contribution in [0.5, 0.6) is 5.75 Å². The average molecular weight is 417 g/mol. The summed E-state index contributed by atoms with van der Waals surface area (Å²) in [5.74, 6) is 0.320. The normalized spacial score (nSPS) is 20.9. The molecule has 1 atom stereocenters. The maximum atomic E-state index is 13.0. The van der Waals surface area contributed by atoms with Gasteiger partial charge in [-0.1, -0.05) is 19.1 Å². The van der Waals surface area contributed by atoms with E-state index in [-0.39, 0.29) is 12.6 Å². The quantitative estimate of drug-likeness (QED) is 0.684. The van der Waals surface area contributed by atoms with Crippen LogP contribution in [0, 0.1) is 0 Å². The van der Waals surface area contributed by atoms with Crippen LogP contribution in [0.1, 0.15) is 25.5 Å². The first kappa shape index (κ1) is 22.1. The maximum absolute atomic E-state index is 13.0. The van der Waals surface area contributed by atoms with Crippen molar-refractivity contribution in [3.05, 3.63) is 41.1 Å². The second kappa shape index (κ2) is 9.95. The van der Waals surface area contributed by atoms with E-state index in [1.165, 1.54) is 0 Å². The molecule has 2 aliphatic rings. The van der Waals surface area contributed by atoms with E-state index < -0.39 is 12.0 Å². The molecule has 2 aliphatic heterocycles. The van der Waals surface area contributed by atoms with E-state index in [1.807, 2.05) is 24.3 Å². The van der Waals surface area contributed by atoms with Crippen LogP contribution in [0.2, 0.25) is 0 Å². The molecular weight excluding hydrogens is 384 g/mol. The van der Waals surface area contributed by atoms with E-state index in [2.05, 4.69) is 22.0 Å². The summed E-state index contributed by atoms with van der Waals surface area (Å²) in [6, 6.07) is 6.59. The molecule has 30 heavy (non-hydrogen) atoms. The van der Waals surface area contributed by atoms with Gasteiger partial charge in [0.15, 0.2) is 0 Å². The van der Waals surface area contributed by atoms with Gasteiger partial charge < -0.3 is 19.7 Å². The lowest BCUT2D eigenvalue weighted by Crippen LogP contribution is -2.52. The van der Waals surface area contributed by atoms with E-state index in [0.29, 0.717) is 23.6 Å². The predicted octanol–water partition coefficient (Wildman–Crippen LogP) is 1.85. The van der Waals surface area contributed by atoms with Gasteiger partial charge in [-0.2, -0.15) is 0 Å². The van der Waals surface area contributed by atoms with Gasteiger partial charge in [0.1, 0.15) is 5.75 Å². The minimum absolute atomic E-state index is 0.230. The molecule has 0 saturated carbocycles. The highest BCUT2D eigenvalue weighted by atomic mass is 16.5. The van der Waals surface area contributed by atoms with Gasteiger partial charge in [0.2, 0.25) is 0 Å². The number of ether oxygens (including phenoxy) is 2. The maximum Gasteiger partial charge on any atom is 0.338 e. The molecular formula is C22H32N4O4. The molecule has 1 aromatic rings. The highest BCUT2D eigenvalue weighted by Crippen LogP contribution is 2.32. The van der Waals surface area contributed by atoms with Gasteiger partial charge in [0.05, 0.1) is 25.3 Å². The third kappa shape index (κ3) is 4.76. The lowest BCUT2D eigenvalue weighted by Gasteiger charge is -2.39. The first-order valence-electron chi connectivity index (χ1n) is 10.5. The van der Waals surface area contributed by atoms with Crippen molar-refractivity contribution in [3.8, 4) is 5.75 Å². The predicted molar refractivity (Wildman–Crippen MR) is 114 cm³/mol. The number of hydrogen-bond acceptors (Lipinski definition) is 6. The summed E-state index contributed by atoms with van der Waals surface area (Å²) in [7, 11) is 3.31. The number of urea groups is 1. The smallest absolute Gasteiger partial charge is 0.338 e. The standard InChI is InChI=1S/C22H32N4O4/c1-5-25-11-13-26(14-12-25)15-18-19(21(27)30-6-2)20(23-22(28)24(18)3)16-7-9-17(29-4)10-8-16/h7-10,20H,5-6,11-15H2,1-4H3,(H,23,28)/t20-/m1/s1. The van der Waals surface area contributed by atoms with E-state index in [0.717, 1.165) is 38.3 Å². The van der Waals surface area contributed by atoms with Crippen molar-refractivity contribution in [3.63, 3.8) is 0 Å². The van der Waals surface area contributed by atoms with Crippen LogP contribution in [-0.2, 0) is 9.53 Å². The fraction of sp³-hybridized carbons (Fsp3) is 0.545. The number of carbonyl (C=O) groups is 2. The summed E-state index contributed by atoms with van der Waals surface area (Å²) in [5, 5.41) is 2.95. The molecule has 2 amide bonds. The second-order valence-electron chi connectivity index (χ2n) is 7.51. The topological polar surface area (TPSA) is 74.4 Å². The molecule has 3 rings (SSSR count). The van der Waals surface area contributed by atoms with Gasteiger partial charge in [-0.25, -0.2) is 9.59 Å². The molecule has 1 aromatic carbocycles. The summed E-state index contributed by atoms with van der Waals surface area (Å²) in [5.41, 5.74) is 2.00. The van der Waals surface area contributed by atoms with Gasteiger partial charge in [-0.15, -0.1) is 0 Å². The minimum Gasteiger partial charge on any atom is -0.497 e. The molecule has 1 N–H and O–H groups in total. The molecule has 0 bridgehead atoms. The molecule has 8 nitrogen and oxygen atoms in total. The molecule has 1 fully saturated rings. The van der Waals surface area contributed by atoms with Crippen LogP contribution < -0.4 is 10.1 Å². The Kier molecular flexibility index (Phi) is 7.33. The Morgan fingerprint density at radius 3 is 2.30 bits per heavy atom. The number of carbonyl (C=O) groups excluding carboxylic acids is 2. The molecule has 0 unspecified atom stereocenters. The Morgan fingerprint density at radius 2 is 1.73 bits per heavy atom. The number of likely N-dealkylation sites (N-methyl/N-ethyl adjacent to an activating group) is 2. The van der Waals surface area contributed by atoms with Gasteiger partial charge in [0, 0.05) is 45.5 Å². The highest BCUT2D eigenvalue weighted by molar-refractivity contribution is 5.95. The molecule has 2 heterocycles. The first-order valence-corrected chi connectivity index (χ1v) is 10.5. The molecule has 0 spiro atoms. The van der Waals surface area contributed by atoms with Crippen LogP contribution in [0.15, 0.2) is 35.5 Å². The number of methoxy groups -OCH3 is 1. The Hall–Kier alpha value is -2.58. The number of rotatable bonds is 7. The number of amides is 2. The molecule has 164 valence electrons. The average Bonchev–Trinajstić information content (AvgIpc) is 2.77.